The van der Waals surface area contributed by atoms with Crippen molar-refractivity contribution in [1.29, 1.82) is 0 Å². The fourth-order valence-electron chi connectivity index (χ4n) is 1.73. The summed E-state index contributed by atoms with van der Waals surface area (Å²) in [5, 5.41) is 2.94. The summed E-state index contributed by atoms with van der Waals surface area (Å²) in [5.74, 6) is 1.20. The van der Waals surface area contributed by atoms with Gasteiger partial charge in [-0.3, -0.25) is 0 Å². The van der Waals surface area contributed by atoms with Gasteiger partial charge in [0.05, 0.1) is 12.4 Å². The van der Waals surface area contributed by atoms with Crippen molar-refractivity contribution in [2.45, 2.75) is 31.2 Å². The minimum atomic E-state index is -3.54. The van der Waals surface area contributed by atoms with E-state index in [1.54, 1.807) is 18.8 Å². The number of rotatable bonds is 8. The van der Waals surface area contributed by atoms with Gasteiger partial charge in [-0.15, -0.1) is 0 Å². The van der Waals surface area contributed by atoms with Crippen molar-refractivity contribution < 1.29 is 8.42 Å². The van der Waals surface area contributed by atoms with Crippen molar-refractivity contribution in [3.05, 3.63) is 12.4 Å². The monoisotopic (exact) mass is 318 g/mol. The summed E-state index contributed by atoms with van der Waals surface area (Å²) >= 11 is 1.64. The first kappa shape index (κ1) is 17.2. The molecule has 0 aliphatic carbocycles. The molecule has 1 unspecified atom stereocenters. The Morgan fingerprint density at radius 2 is 1.95 bits per heavy atom. The van der Waals surface area contributed by atoms with Gasteiger partial charge in [0, 0.05) is 25.4 Å². The van der Waals surface area contributed by atoms with Gasteiger partial charge in [0.1, 0.15) is 4.90 Å². The molecule has 1 rings (SSSR count). The van der Waals surface area contributed by atoms with Gasteiger partial charge >= 0.3 is 0 Å². The molecule has 0 amide bonds. The first-order valence-corrected chi connectivity index (χ1v) is 9.33. The maximum atomic E-state index is 12.5. The second kappa shape index (κ2) is 7.80. The minimum Gasteiger partial charge on any atom is -0.355 e. The molecular formula is C12H22N4O2S2. The fraction of sp³-hybridized carbons (Fsp3) is 0.667. The van der Waals surface area contributed by atoms with Crippen LogP contribution in [0.25, 0.3) is 0 Å². The number of thioether (sulfide) groups is 1. The van der Waals surface area contributed by atoms with E-state index in [1.165, 1.54) is 16.7 Å². The quantitative estimate of drug-likeness (QED) is 0.786. The number of sulfonamides is 1. The van der Waals surface area contributed by atoms with Crippen molar-refractivity contribution in [3.8, 4) is 0 Å². The third-order valence-corrected chi connectivity index (χ3v) is 5.57. The van der Waals surface area contributed by atoms with Gasteiger partial charge in [-0.2, -0.15) is 16.1 Å². The molecule has 1 N–H and O–H groups in total. The van der Waals surface area contributed by atoms with E-state index in [0.29, 0.717) is 12.5 Å². The van der Waals surface area contributed by atoms with E-state index in [9.17, 15) is 8.42 Å². The number of nitrogens with zero attached hydrogens (tertiary/aromatic N) is 3. The van der Waals surface area contributed by atoms with Gasteiger partial charge in [0.15, 0.2) is 0 Å². The summed E-state index contributed by atoms with van der Waals surface area (Å²) in [6.07, 6.45) is 5.44. The highest BCUT2D eigenvalue weighted by atomic mass is 32.2. The Morgan fingerprint density at radius 3 is 2.40 bits per heavy atom. The van der Waals surface area contributed by atoms with E-state index < -0.39 is 10.0 Å². The molecule has 1 aromatic rings. The van der Waals surface area contributed by atoms with Crippen molar-refractivity contribution in [2.75, 3.05) is 30.9 Å². The average molecular weight is 318 g/mol. The van der Waals surface area contributed by atoms with Crippen molar-refractivity contribution in [1.82, 2.24) is 14.3 Å². The lowest BCUT2D eigenvalue weighted by atomic mass is 10.3. The van der Waals surface area contributed by atoms with Crippen molar-refractivity contribution in [3.63, 3.8) is 0 Å². The van der Waals surface area contributed by atoms with Crippen LogP contribution in [0.1, 0.15) is 20.3 Å². The molecule has 0 bridgehead atoms. The molecule has 0 saturated carbocycles. The van der Waals surface area contributed by atoms with Crippen LogP contribution in [0.3, 0.4) is 0 Å². The summed E-state index contributed by atoms with van der Waals surface area (Å²) < 4.78 is 26.4. The Balaban J connectivity index is 2.97. The molecule has 0 spiro atoms. The van der Waals surface area contributed by atoms with Crippen LogP contribution in [-0.2, 0) is 10.0 Å². The summed E-state index contributed by atoms with van der Waals surface area (Å²) in [4.78, 5) is 8.16. The van der Waals surface area contributed by atoms with E-state index in [-0.39, 0.29) is 10.9 Å². The first-order valence-electron chi connectivity index (χ1n) is 6.50. The molecular weight excluding hydrogens is 296 g/mol. The van der Waals surface area contributed by atoms with Crippen LogP contribution < -0.4 is 5.32 Å². The predicted octanol–water partition coefficient (Wildman–Crippen LogP) is 1.67. The summed E-state index contributed by atoms with van der Waals surface area (Å²) in [5.41, 5.74) is 0. The lowest BCUT2D eigenvalue weighted by Gasteiger charge is -2.25. The van der Waals surface area contributed by atoms with E-state index >= 15 is 0 Å². The molecule has 1 heterocycles. The lowest BCUT2D eigenvalue weighted by molar-refractivity contribution is 0.385. The minimum absolute atomic E-state index is 0.0246. The zero-order valence-electron chi connectivity index (χ0n) is 12.3. The first-order chi connectivity index (χ1) is 9.47. The van der Waals surface area contributed by atoms with E-state index in [1.807, 2.05) is 20.1 Å². The van der Waals surface area contributed by atoms with Crippen LogP contribution in [0, 0.1) is 0 Å². The van der Waals surface area contributed by atoms with Crippen molar-refractivity contribution in [2.24, 2.45) is 0 Å². The summed E-state index contributed by atoms with van der Waals surface area (Å²) in [7, 11) is -1.93. The van der Waals surface area contributed by atoms with Crippen molar-refractivity contribution >= 4 is 27.7 Å². The van der Waals surface area contributed by atoms with Crippen LogP contribution in [-0.4, -0.2) is 54.3 Å². The Kier molecular flexibility index (Phi) is 6.70. The van der Waals surface area contributed by atoms with E-state index in [4.69, 9.17) is 0 Å². The molecule has 0 aromatic carbocycles. The van der Waals surface area contributed by atoms with E-state index in [0.717, 1.165) is 12.2 Å². The highest BCUT2D eigenvalue weighted by Gasteiger charge is 2.27. The second-order valence-electron chi connectivity index (χ2n) is 4.31. The molecule has 8 heteroatoms. The number of nitrogens with one attached hydrogen (secondary N) is 1. The third-order valence-electron chi connectivity index (χ3n) is 2.98. The molecule has 6 nitrogen and oxygen atoms in total. The number of hydrogen-bond donors (Lipinski definition) is 1. The zero-order valence-corrected chi connectivity index (χ0v) is 14.0. The Labute approximate surface area is 125 Å². The predicted molar refractivity (Wildman–Crippen MR) is 83.6 cm³/mol. The van der Waals surface area contributed by atoms with Gasteiger partial charge in [-0.25, -0.2) is 18.4 Å². The van der Waals surface area contributed by atoms with E-state index in [2.05, 4.69) is 15.3 Å². The Bertz CT molecular complexity index is 505. The number of hydrogen-bond acceptors (Lipinski definition) is 6. The number of anilines is 1. The second-order valence-corrected chi connectivity index (χ2v) is 7.22. The molecule has 1 aromatic heterocycles. The molecule has 0 fully saturated rings. The van der Waals surface area contributed by atoms with Crippen LogP contribution in [0.4, 0.5) is 5.95 Å². The maximum Gasteiger partial charge on any atom is 0.246 e. The molecule has 114 valence electrons. The standard InChI is InChI=1S/C12H22N4O2S2/c1-5-10(9-19-4)16(3)20(17,18)11-7-14-12(13-6-2)15-8-11/h7-8,10H,5-6,9H2,1-4H3,(H,13,14,15). The van der Waals surface area contributed by atoms with Crippen LogP contribution in [0.5, 0.6) is 0 Å². The van der Waals surface area contributed by atoms with Crippen LogP contribution in [0.2, 0.25) is 0 Å². The highest BCUT2D eigenvalue weighted by molar-refractivity contribution is 7.98. The summed E-state index contributed by atoms with van der Waals surface area (Å²) in [6, 6.07) is -0.0246. The Hall–Kier alpha value is -0.860. The molecule has 0 aliphatic heterocycles. The fourth-order valence-corrected chi connectivity index (χ4v) is 3.99. The van der Waals surface area contributed by atoms with Gasteiger partial charge in [0.2, 0.25) is 16.0 Å². The topological polar surface area (TPSA) is 75.2 Å². The molecule has 20 heavy (non-hydrogen) atoms. The third kappa shape index (κ3) is 4.07. The van der Waals surface area contributed by atoms with Crippen LogP contribution in [0.15, 0.2) is 17.3 Å². The smallest absolute Gasteiger partial charge is 0.246 e. The lowest BCUT2D eigenvalue weighted by Crippen LogP contribution is -2.38. The normalized spacial score (nSPS) is 13.4. The largest absolute Gasteiger partial charge is 0.355 e. The SMILES string of the molecule is CCNc1ncc(S(=O)(=O)N(C)C(CC)CSC)cn1. The highest BCUT2D eigenvalue weighted by Crippen LogP contribution is 2.19. The van der Waals surface area contributed by atoms with Gasteiger partial charge < -0.3 is 5.32 Å². The maximum absolute atomic E-state index is 12.5. The average Bonchev–Trinajstić information content (AvgIpc) is 2.45. The molecule has 0 radical (unpaired) electrons. The molecule has 0 aliphatic rings. The van der Waals surface area contributed by atoms with Gasteiger partial charge in [-0.1, -0.05) is 6.92 Å². The zero-order chi connectivity index (χ0) is 15.2. The molecule has 0 saturated heterocycles. The molecule has 1 atom stereocenters. The Morgan fingerprint density at radius 1 is 1.35 bits per heavy atom. The van der Waals surface area contributed by atoms with Crippen LogP contribution >= 0.6 is 11.8 Å². The summed E-state index contributed by atoms with van der Waals surface area (Å²) in [6.45, 7) is 4.60. The van der Waals surface area contributed by atoms with Gasteiger partial charge in [-0.05, 0) is 19.6 Å². The van der Waals surface area contributed by atoms with Gasteiger partial charge in [0.25, 0.3) is 0 Å². The number of aromatic nitrogens is 2.